The number of guanidine groups is 1. The topological polar surface area (TPSA) is 36.4 Å². The predicted octanol–water partition coefficient (Wildman–Crippen LogP) is 3.59. The zero-order valence-corrected chi connectivity index (χ0v) is 15.7. The molecule has 2 rings (SSSR count). The fourth-order valence-corrected chi connectivity index (χ4v) is 2.42. The molecule has 1 aromatic carbocycles. The number of nitrogens with zero attached hydrogens (tertiary/aromatic N) is 1. The van der Waals surface area contributed by atoms with Gasteiger partial charge in [0.2, 0.25) is 0 Å². The summed E-state index contributed by atoms with van der Waals surface area (Å²) in [5.74, 6) is 0.929. The average molecular weight is 401 g/mol. The average Bonchev–Trinajstić information content (AvgIpc) is 3.24. The van der Waals surface area contributed by atoms with Crippen molar-refractivity contribution in [2.45, 2.75) is 45.6 Å². The number of halogens is 1. The smallest absolute Gasteiger partial charge is 0.191 e. The number of nitrogens with one attached hydrogen (secondary N) is 2. The Morgan fingerprint density at radius 2 is 1.95 bits per heavy atom. The Morgan fingerprint density at radius 1 is 1.29 bits per heavy atom. The van der Waals surface area contributed by atoms with Gasteiger partial charge in [0.1, 0.15) is 0 Å². The van der Waals surface area contributed by atoms with Gasteiger partial charge in [0.25, 0.3) is 0 Å². The Balaban J connectivity index is 0.00000220. The molecule has 0 amide bonds. The summed E-state index contributed by atoms with van der Waals surface area (Å²) in [7, 11) is 1.84. The molecule has 2 N–H and O–H groups in total. The third-order valence-electron chi connectivity index (χ3n) is 4.23. The summed E-state index contributed by atoms with van der Waals surface area (Å²) in [6.45, 7) is 5.38. The van der Waals surface area contributed by atoms with Gasteiger partial charge in [-0.25, -0.2) is 0 Å². The molecular formula is C17H28IN3. The summed E-state index contributed by atoms with van der Waals surface area (Å²) >= 11 is 0. The van der Waals surface area contributed by atoms with Gasteiger partial charge in [0, 0.05) is 19.6 Å². The van der Waals surface area contributed by atoms with Gasteiger partial charge in [0.05, 0.1) is 0 Å². The van der Waals surface area contributed by atoms with Crippen LogP contribution in [0.3, 0.4) is 0 Å². The van der Waals surface area contributed by atoms with Gasteiger partial charge in [-0.1, -0.05) is 37.3 Å². The van der Waals surface area contributed by atoms with Gasteiger partial charge in [0.15, 0.2) is 5.96 Å². The van der Waals surface area contributed by atoms with Crippen LogP contribution in [-0.4, -0.2) is 25.6 Å². The van der Waals surface area contributed by atoms with Crippen molar-refractivity contribution in [3.8, 4) is 0 Å². The lowest BCUT2D eigenvalue weighted by Gasteiger charge is -2.20. The molecule has 21 heavy (non-hydrogen) atoms. The molecule has 1 aliphatic carbocycles. The fourth-order valence-electron chi connectivity index (χ4n) is 2.42. The van der Waals surface area contributed by atoms with Crippen LogP contribution in [0.25, 0.3) is 0 Å². The predicted molar refractivity (Wildman–Crippen MR) is 101 cm³/mol. The Labute approximate surface area is 146 Å². The number of hydrogen-bond acceptors (Lipinski definition) is 1. The number of benzene rings is 1. The third-order valence-corrected chi connectivity index (χ3v) is 4.23. The molecule has 0 aliphatic heterocycles. The molecular weight excluding hydrogens is 373 g/mol. The van der Waals surface area contributed by atoms with E-state index in [1.54, 1.807) is 0 Å². The molecule has 1 unspecified atom stereocenters. The maximum Gasteiger partial charge on any atom is 0.191 e. The Hall–Kier alpha value is -0.780. The standard InChI is InChI=1S/C17H27N3.HI/c1-4-14(2)20-16(18-3)19-13-17(10-11-17)12-15-8-6-5-7-9-15;/h5-9,14H,4,10-13H2,1-3H3,(H2,18,19,20);1H. The first kappa shape index (κ1) is 18.3. The van der Waals surface area contributed by atoms with Gasteiger partial charge in [-0.3, -0.25) is 4.99 Å². The van der Waals surface area contributed by atoms with Crippen LogP contribution in [0.1, 0.15) is 38.7 Å². The normalized spacial score (nSPS) is 17.6. The van der Waals surface area contributed by atoms with Crippen molar-refractivity contribution in [1.82, 2.24) is 10.6 Å². The molecule has 1 aromatic rings. The van der Waals surface area contributed by atoms with E-state index in [9.17, 15) is 0 Å². The molecule has 1 atom stereocenters. The highest BCUT2D eigenvalue weighted by atomic mass is 127. The number of hydrogen-bond donors (Lipinski definition) is 2. The lowest BCUT2D eigenvalue weighted by Crippen LogP contribution is -2.44. The van der Waals surface area contributed by atoms with Crippen molar-refractivity contribution in [2.24, 2.45) is 10.4 Å². The molecule has 118 valence electrons. The zero-order valence-electron chi connectivity index (χ0n) is 13.4. The monoisotopic (exact) mass is 401 g/mol. The second-order valence-corrected chi connectivity index (χ2v) is 6.04. The van der Waals surface area contributed by atoms with Crippen molar-refractivity contribution in [3.05, 3.63) is 35.9 Å². The van der Waals surface area contributed by atoms with E-state index in [2.05, 4.69) is 59.8 Å². The van der Waals surface area contributed by atoms with Gasteiger partial charge >= 0.3 is 0 Å². The second kappa shape index (κ2) is 8.61. The summed E-state index contributed by atoms with van der Waals surface area (Å²) in [6.07, 6.45) is 4.90. The van der Waals surface area contributed by atoms with E-state index in [0.717, 1.165) is 18.9 Å². The molecule has 0 saturated heterocycles. The van der Waals surface area contributed by atoms with Gasteiger partial charge in [-0.2, -0.15) is 0 Å². The van der Waals surface area contributed by atoms with Crippen LogP contribution >= 0.6 is 24.0 Å². The van der Waals surface area contributed by atoms with E-state index in [0.29, 0.717) is 11.5 Å². The van der Waals surface area contributed by atoms with E-state index in [1.165, 1.54) is 24.8 Å². The second-order valence-electron chi connectivity index (χ2n) is 6.04. The summed E-state index contributed by atoms with van der Waals surface area (Å²) < 4.78 is 0. The van der Waals surface area contributed by atoms with Crippen LogP contribution in [0.2, 0.25) is 0 Å². The summed E-state index contributed by atoms with van der Waals surface area (Å²) in [5.41, 5.74) is 1.88. The van der Waals surface area contributed by atoms with E-state index < -0.39 is 0 Å². The molecule has 1 aliphatic rings. The lowest BCUT2D eigenvalue weighted by atomic mass is 9.96. The van der Waals surface area contributed by atoms with E-state index in [4.69, 9.17) is 0 Å². The molecule has 1 fully saturated rings. The summed E-state index contributed by atoms with van der Waals surface area (Å²) in [5, 5.41) is 6.92. The minimum Gasteiger partial charge on any atom is -0.356 e. The molecule has 0 spiro atoms. The van der Waals surface area contributed by atoms with Gasteiger partial charge in [-0.15, -0.1) is 24.0 Å². The molecule has 0 bridgehead atoms. The Kier molecular flexibility index (Phi) is 7.49. The zero-order chi connectivity index (χ0) is 14.4. The van der Waals surface area contributed by atoms with Crippen LogP contribution < -0.4 is 10.6 Å². The maximum atomic E-state index is 4.31. The minimum atomic E-state index is 0. The highest BCUT2D eigenvalue weighted by Crippen LogP contribution is 2.47. The fraction of sp³-hybridized carbons (Fsp3) is 0.588. The third kappa shape index (κ3) is 5.85. The van der Waals surface area contributed by atoms with E-state index in [1.807, 2.05) is 7.05 Å². The quantitative estimate of drug-likeness (QED) is 0.434. The summed E-state index contributed by atoms with van der Waals surface area (Å²) in [4.78, 5) is 4.31. The molecule has 0 radical (unpaired) electrons. The first-order valence-electron chi connectivity index (χ1n) is 7.68. The highest BCUT2D eigenvalue weighted by Gasteiger charge is 2.42. The van der Waals surface area contributed by atoms with Gasteiger partial charge < -0.3 is 10.6 Å². The first-order valence-corrected chi connectivity index (χ1v) is 7.68. The highest BCUT2D eigenvalue weighted by molar-refractivity contribution is 14.0. The van der Waals surface area contributed by atoms with Crippen LogP contribution in [-0.2, 0) is 6.42 Å². The molecule has 1 saturated carbocycles. The van der Waals surface area contributed by atoms with Crippen molar-refractivity contribution in [1.29, 1.82) is 0 Å². The Bertz CT molecular complexity index is 441. The van der Waals surface area contributed by atoms with Crippen LogP contribution in [0.15, 0.2) is 35.3 Å². The van der Waals surface area contributed by atoms with Gasteiger partial charge in [-0.05, 0) is 43.6 Å². The molecule has 0 aromatic heterocycles. The largest absolute Gasteiger partial charge is 0.356 e. The lowest BCUT2D eigenvalue weighted by molar-refractivity contribution is 0.488. The molecule has 3 nitrogen and oxygen atoms in total. The number of aliphatic imine (C=N–C) groups is 1. The van der Waals surface area contributed by atoms with Crippen molar-refractivity contribution < 1.29 is 0 Å². The van der Waals surface area contributed by atoms with Crippen molar-refractivity contribution in [2.75, 3.05) is 13.6 Å². The minimum absolute atomic E-state index is 0. The van der Waals surface area contributed by atoms with Crippen LogP contribution in [0.5, 0.6) is 0 Å². The first-order chi connectivity index (χ1) is 9.67. The molecule has 4 heteroatoms. The van der Waals surface area contributed by atoms with Crippen LogP contribution in [0, 0.1) is 5.41 Å². The SMILES string of the molecule is CCC(C)NC(=NC)NCC1(Cc2ccccc2)CC1.I. The maximum absolute atomic E-state index is 4.31. The van der Waals surface area contributed by atoms with E-state index >= 15 is 0 Å². The summed E-state index contributed by atoms with van der Waals surface area (Å²) in [6, 6.07) is 11.3. The van der Waals surface area contributed by atoms with Crippen molar-refractivity contribution >= 4 is 29.9 Å². The Morgan fingerprint density at radius 3 is 2.48 bits per heavy atom. The van der Waals surface area contributed by atoms with E-state index in [-0.39, 0.29) is 24.0 Å². The van der Waals surface area contributed by atoms with Crippen molar-refractivity contribution in [3.63, 3.8) is 0 Å². The number of rotatable bonds is 6. The van der Waals surface area contributed by atoms with Crippen LogP contribution in [0.4, 0.5) is 0 Å². The molecule has 0 heterocycles.